The molecule has 0 aromatic carbocycles. The molecule has 3 aromatic heterocycles. The minimum Gasteiger partial charge on any atom is -0.381 e. The zero-order chi connectivity index (χ0) is 24.0. The van der Waals surface area contributed by atoms with E-state index in [1.165, 1.54) is 28.0 Å². The van der Waals surface area contributed by atoms with Crippen molar-refractivity contribution >= 4 is 29.6 Å². The minimum atomic E-state index is 0.0914. The van der Waals surface area contributed by atoms with Crippen LogP contribution < -0.4 is 16.0 Å². The molecule has 0 saturated carbocycles. The first-order valence-electron chi connectivity index (χ1n) is 12.2. The summed E-state index contributed by atoms with van der Waals surface area (Å²) >= 11 is 0. The van der Waals surface area contributed by atoms with Crippen LogP contribution in [0.1, 0.15) is 74.8 Å². The predicted molar refractivity (Wildman–Crippen MR) is 138 cm³/mol. The first-order valence-corrected chi connectivity index (χ1v) is 12.2. The number of ketones is 1. The molecule has 0 radical (unpaired) electrons. The topological polar surface area (TPSA) is 76.5 Å². The molecule has 1 saturated heterocycles. The monoisotopic (exact) mass is 452 g/mol. The van der Waals surface area contributed by atoms with Gasteiger partial charge in [0.1, 0.15) is 0 Å². The Balaban J connectivity index is 1.68. The fraction of sp³-hybridized carbons (Fsp3) is 0.345. The summed E-state index contributed by atoms with van der Waals surface area (Å²) in [7, 11) is 0. The summed E-state index contributed by atoms with van der Waals surface area (Å²) in [5, 5.41) is 5.96. The molecule has 4 N–H and O–H groups in total. The number of nitrogens with one attached hydrogen (secondary N) is 4. The lowest BCUT2D eigenvalue weighted by atomic mass is 9.88. The van der Waals surface area contributed by atoms with Gasteiger partial charge in [-0.25, -0.2) is 0 Å². The van der Waals surface area contributed by atoms with Crippen molar-refractivity contribution in [3.8, 4) is 0 Å². The van der Waals surface area contributed by atoms with Gasteiger partial charge in [-0.2, -0.15) is 0 Å². The maximum absolute atomic E-state index is 13.1. The van der Waals surface area contributed by atoms with Crippen molar-refractivity contribution in [3.05, 3.63) is 78.6 Å². The summed E-state index contributed by atoms with van der Waals surface area (Å²) in [5.41, 5.74) is 13.4. The highest BCUT2D eigenvalue weighted by molar-refractivity contribution is 6.18. The van der Waals surface area contributed by atoms with E-state index in [1.54, 1.807) is 0 Å². The molecular formula is C29H32N4O. The van der Waals surface area contributed by atoms with Crippen LogP contribution in [-0.4, -0.2) is 26.8 Å². The highest BCUT2D eigenvalue weighted by atomic mass is 16.1. The maximum atomic E-state index is 13.1. The van der Waals surface area contributed by atoms with Crippen LogP contribution in [0.15, 0.2) is 11.8 Å². The second-order valence-electron chi connectivity index (χ2n) is 10.4. The van der Waals surface area contributed by atoms with Crippen molar-refractivity contribution in [2.75, 3.05) is 0 Å². The molecule has 8 bridgehead atoms. The lowest BCUT2D eigenvalue weighted by Crippen LogP contribution is -2.26. The van der Waals surface area contributed by atoms with Crippen LogP contribution in [0.3, 0.4) is 0 Å². The van der Waals surface area contributed by atoms with Gasteiger partial charge in [-0.3, -0.25) is 4.79 Å². The number of carbonyl (C=O) groups excluding carboxylic acids is 1. The van der Waals surface area contributed by atoms with E-state index in [1.807, 2.05) is 13.0 Å². The third-order valence-electron chi connectivity index (χ3n) is 8.73. The van der Waals surface area contributed by atoms with Crippen molar-refractivity contribution in [1.29, 1.82) is 0 Å². The van der Waals surface area contributed by atoms with Gasteiger partial charge in [0.15, 0.2) is 5.78 Å². The lowest BCUT2D eigenvalue weighted by Gasteiger charge is -2.18. The van der Waals surface area contributed by atoms with Gasteiger partial charge in [-0.15, -0.1) is 0 Å². The van der Waals surface area contributed by atoms with Crippen LogP contribution >= 0.6 is 0 Å². The van der Waals surface area contributed by atoms with Crippen LogP contribution in [0.5, 0.6) is 0 Å². The minimum absolute atomic E-state index is 0.0914. The van der Waals surface area contributed by atoms with E-state index < -0.39 is 0 Å². The predicted octanol–water partition coefficient (Wildman–Crippen LogP) is 4.05. The normalized spacial score (nSPS) is 26.3. The molecule has 5 heterocycles. The quantitative estimate of drug-likeness (QED) is 0.415. The Kier molecular flexibility index (Phi) is 4.35. The van der Waals surface area contributed by atoms with Crippen LogP contribution in [0.4, 0.5) is 0 Å². The Morgan fingerprint density at radius 3 is 1.91 bits per heavy atom. The van der Waals surface area contributed by atoms with E-state index in [2.05, 4.69) is 80.0 Å². The molecule has 5 nitrogen and oxygen atoms in total. The molecule has 2 aliphatic heterocycles. The molecule has 174 valence electrons. The number of hydrogen-bond acceptors (Lipinski definition) is 2. The largest absolute Gasteiger partial charge is 0.381 e. The van der Waals surface area contributed by atoms with Crippen molar-refractivity contribution in [2.24, 2.45) is 11.8 Å². The Morgan fingerprint density at radius 1 is 0.676 bits per heavy atom. The van der Waals surface area contributed by atoms with Crippen LogP contribution in [0.2, 0.25) is 0 Å². The Morgan fingerprint density at radius 2 is 1.26 bits per heavy atom. The lowest BCUT2D eigenvalue weighted by molar-refractivity contribution is 0.104. The molecule has 5 heteroatoms. The van der Waals surface area contributed by atoms with Gasteiger partial charge in [0.25, 0.3) is 0 Å². The van der Waals surface area contributed by atoms with Gasteiger partial charge in [0.05, 0.1) is 17.3 Å². The summed E-state index contributed by atoms with van der Waals surface area (Å²) in [6.45, 7) is 15.3. The maximum Gasteiger partial charge on any atom is 0.188 e. The number of carbonyl (C=O) groups is 1. The van der Waals surface area contributed by atoms with Crippen molar-refractivity contribution in [2.45, 2.75) is 54.5 Å². The van der Waals surface area contributed by atoms with Gasteiger partial charge >= 0.3 is 0 Å². The van der Waals surface area contributed by atoms with Gasteiger partial charge in [0.2, 0.25) is 0 Å². The molecule has 0 amide bonds. The fourth-order valence-corrected chi connectivity index (χ4v) is 5.86. The standard InChI is InChI=1S/C29H32N4O/c1-12-14(3)22-10-24-16(5)17(6)28(32-24)19-8-26(34)27-18(7)25(33-29(19)27)11-23-15(4)13(2)21(31-23)9-20(12)30-22/h8-11,16-17,28,30-33H,1-7H3/b21-9-,23-11-,24-10-/t16-,17-,28?/m0/s1. The number of allylic oxidation sites excluding steroid dienone is 2. The first-order chi connectivity index (χ1) is 16.2. The van der Waals surface area contributed by atoms with Crippen molar-refractivity contribution in [3.63, 3.8) is 0 Å². The van der Waals surface area contributed by atoms with Gasteiger partial charge < -0.3 is 20.3 Å². The number of H-pyrrole nitrogens is 3. The van der Waals surface area contributed by atoms with Crippen LogP contribution in [-0.2, 0) is 0 Å². The molecule has 6 rings (SSSR count). The van der Waals surface area contributed by atoms with E-state index in [-0.39, 0.29) is 11.8 Å². The molecule has 34 heavy (non-hydrogen) atoms. The summed E-state index contributed by atoms with van der Waals surface area (Å²) < 4.78 is 0. The first kappa shape index (κ1) is 21.1. The summed E-state index contributed by atoms with van der Waals surface area (Å²) in [6, 6.07) is 0.0914. The van der Waals surface area contributed by atoms with E-state index in [4.69, 9.17) is 0 Å². The van der Waals surface area contributed by atoms with Gasteiger partial charge in [0, 0.05) is 45.0 Å². The number of rotatable bonds is 0. The molecule has 1 fully saturated rings. The molecular weight excluding hydrogens is 420 g/mol. The van der Waals surface area contributed by atoms with Gasteiger partial charge in [-0.05, 0) is 92.7 Å². The third kappa shape index (κ3) is 2.76. The molecule has 3 aliphatic rings. The second-order valence-corrected chi connectivity index (χ2v) is 10.4. The summed E-state index contributed by atoms with van der Waals surface area (Å²) in [4.78, 5) is 24.0. The highest BCUT2D eigenvalue weighted by Gasteiger charge is 2.40. The smallest absolute Gasteiger partial charge is 0.188 e. The highest BCUT2D eigenvalue weighted by Crippen LogP contribution is 2.42. The zero-order valence-corrected chi connectivity index (χ0v) is 20.9. The average molecular weight is 453 g/mol. The van der Waals surface area contributed by atoms with E-state index in [0.29, 0.717) is 11.8 Å². The molecule has 3 aromatic rings. The number of aromatic amines is 3. The molecule has 0 spiro atoms. The molecule has 1 aliphatic carbocycles. The summed E-state index contributed by atoms with van der Waals surface area (Å²) in [6.07, 6.45) is 8.48. The second kappa shape index (κ2) is 7.02. The van der Waals surface area contributed by atoms with E-state index >= 15 is 0 Å². The van der Waals surface area contributed by atoms with Crippen molar-refractivity contribution < 1.29 is 4.79 Å². The van der Waals surface area contributed by atoms with Crippen LogP contribution in [0, 0.1) is 46.5 Å². The van der Waals surface area contributed by atoms with Crippen molar-refractivity contribution in [1.82, 2.24) is 20.3 Å². The Bertz CT molecular complexity index is 1580. The van der Waals surface area contributed by atoms with E-state index in [0.717, 1.165) is 50.2 Å². The number of fused-ring (bicyclic) bond motifs is 8. The zero-order valence-electron chi connectivity index (χ0n) is 20.9. The van der Waals surface area contributed by atoms with Crippen LogP contribution in [0.25, 0.3) is 23.8 Å². The van der Waals surface area contributed by atoms with E-state index in [9.17, 15) is 4.79 Å². The third-order valence-corrected chi connectivity index (χ3v) is 8.73. The van der Waals surface area contributed by atoms with Gasteiger partial charge in [-0.1, -0.05) is 13.8 Å². The Hall–Kier alpha value is -3.47. The fourth-order valence-electron chi connectivity index (χ4n) is 5.86. The number of aromatic nitrogens is 3. The SMILES string of the molecule is Cc1c2[nH]c(c1C)/C=c1\[nH]/c(c(C)c1C)=C\c1[nH]c3c(c1C)C(=O)C=C3C1N/C(=C\2)[C@@H](C)[C@@H]1C. The summed E-state index contributed by atoms with van der Waals surface area (Å²) in [5.74, 6) is 0.821. The molecule has 3 atom stereocenters. The Labute approximate surface area is 199 Å². The average Bonchev–Trinajstić information content (AvgIpc) is 3.52. The number of hydrogen-bond donors (Lipinski definition) is 4. The molecule has 1 unspecified atom stereocenters.